The average molecular weight is 221 g/mol. The SMILES string of the molecule is c1cc(NC2CCOC2)c2c(c1)OCCO2. The minimum atomic E-state index is 0.386. The van der Waals surface area contributed by atoms with E-state index >= 15 is 0 Å². The summed E-state index contributed by atoms with van der Waals surface area (Å²) in [6.45, 7) is 2.85. The Balaban J connectivity index is 1.82. The van der Waals surface area contributed by atoms with E-state index in [1.807, 2.05) is 18.2 Å². The van der Waals surface area contributed by atoms with Gasteiger partial charge in [0, 0.05) is 6.61 Å². The van der Waals surface area contributed by atoms with Gasteiger partial charge in [0.15, 0.2) is 11.5 Å². The number of benzene rings is 1. The van der Waals surface area contributed by atoms with Crippen molar-refractivity contribution in [2.24, 2.45) is 0 Å². The van der Waals surface area contributed by atoms with E-state index < -0.39 is 0 Å². The Labute approximate surface area is 94.5 Å². The van der Waals surface area contributed by atoms with E-state index in [4.69, 9.17) is 14.2 Å². The summed E-state index contributed by atoms with van der Waals surface area (Å²) in [5, 5.41) is 3.44. The Hall–Kier alpha value is -1.42. The molecule has 0 amide bonds. The summed E-state index contributed by atoms with van der Waals surface area (Å²) in [6.07, 6.45) is 1.05. The van der Waals surface area contributed by atoms with Gasteiger partial charge in [-0.1, -0.05) is 6.07 Å². The maximum absolute atomic E-state index is 5.64. The molecule has 4 nitrogen and oxygen atoms in total. The van der Waals surface area contributed by atoms with Crippen molar-refractivity contribution in [3.63, 3.8) is 0 Å². The Morgan fingerprint density at radius 1 is 1.12 bits per heavy atom. The molecule has 2 aliphatic rings. The third-order valence-electron chi connectivity index (χ3n) is 2.86. The van der Waals surface area contributed by atoms with Gasteiger partial charge in [-0.05, 0) is 18.6 Å². The first-order chi connectivity index (χ1) is 7.93. The second-order valence-electron chi connectivity index (χ2n) is 4.03. The molecule has 2 heterocycles. The lowest BCUT2D eigenvalue weighted by Gasteiger charge is -2.22. The van der Waals surface area contributed by atoms with Gasteiger partial charge in [-0.25, -0.2) is 0 Å². The number of ether oxygens (including phenoxy) is 3. The van der Waals surface area contributed by atoms with E-state index in [1.54, 1.807) is 0 Å². The van der Waals surface area contributed by atoms with E-state index in [1.165, 1.54) is 0 Å². The molecule has 0 saturated carbocycles. The van der Waals surface area contributed by atoms with Crippen LogP contribution in [-0.2, 0) is 4.74 Å². The van der Waals surface area contributed by atoms with Gasteiger partial charge in [0.25, 0.3) is 0 Å². The highest BCUT2D eigenvalue weighted by Crippen LogP contribution is 2.37. The number of nitrogens with one attached hydrogen (secondary N) is 1. The molecule has 4 heteroatoms. The van der Waals surface area contributed by atoms with Gasteiger partial charge in [0.2, 0.25) is 0 Å². The molecule has 1 aromatic carbocycles. The van der Waals surface area contributed by atoms with Crippen LogP contribution >= 0.6 is 0 Å². The number of fused-ring (bicyclic) bond motifs is 1. The summed E-state index contributed by atoms with van der Waals surface area (Å²) in [5.41, 5.74) is 1.01. The summed E-state index contributed by atoms with van der Waals surface area (Å²) >= 11 is 0. The highest BCUT2D eigenvalue weighted by atomic mass is 16.6. The van der Waals surface area contributed by atoms with E-state index in [-0.39, 0.29) is 0 Å². The fourth-order valence-corrected chi connectivity index (χ4v) is 2.06. The highest BCUT2D eigenvalue weighted by molar-refractivity contribution is 5.64. The molecule has 3 rings (SSSR count). The van der Waals surface area contributed by atoms with E-state index in [2.05, 4.69) is 5.32 Å². The van der Waals surface area contributed by atoms with Gasteiger partial charge in [-0.2, -0.15) is 0 Å². The quantitative estimate of drug-likeness (QED) is 0.824. The fraction of sp³-hybridized carbons (Fsp3) is 0.500. The molecule has 2 aliphatic heterocycles. The van der Waals surface area contributed by atoms with Crippen molar-refractivity contribution in [3.8, 4) is 11.5 Å². The predicted molar refractivity (Wildman–Crippen MR) is 60.3 cm³/mol. The Morgan fingerprint density at radius 2 is 2.06 bits per heavy atom. The van der Waals surface area contributed by atoms with E-state index in [9.17, 15) is 0 Å². The van der Waals surface area contributed by atoms with Gasteiger partial charge in [0.1, 0.15) is 13.2 Å². The van der Waals surface area contributed by atoms with Crippen LogP contribution in [0.25, 0.3) is 0 Å². The molecule has 0 aliphatic carbocycles. The normalized spacial score (nSPS) is 23.1. The van der Waals surface area contributed by atoms with Crippen molar-refractivity contribution in [1.29, 1.82) is 0 Å². The monoisotopic (exact) mass is 221 g/mol. The molecule has 0 radical (unpaired) electrons. The molecule has 1 aromatic rings. The number of para-hydroxylation sites is 1. The lowest BCUT2D eigenvalue weighted by Crippen LogP contribution is -2.21. The lowest BCUT2D eigenvalue weighted by atomic mass is 10.2. The molecule has 0 bridgehead atoms. The molecule has 0 spiro atoms. The molecular formula is C12H15NO3. The Kier molecular flexibility index (Phi) is 2.58. The number of anilines is 1. The van der Waals surface area contributed by atoms with Crippen molar-refractivity contribution in [1.82, 2.24) is 0 Å². The zero-order valence-corrected chi connectivity index (χ0v) is 9.07. The van der Waals surface area contributed by atoms with Crippen LogP contribution < -0.4 is 14.8 Å². The van der Waals surface area contributed by atoms with Gasteiger partial charge < -0.3 is 19.5 Å². The second-order valence-corrected chi connectivity index (χ2v) is 4.03. The van der Waals surface area contributed by atoms with Crippen molar-refractivity contribution < 1.29 is 14.2 Å². The minimum absolute atomic E-state index is 0.386. The molecule has 1 N–H and O–H groups in total. The topological polar surface area (TPSA) is 39.7 Å². The zero-order chi connectivity index (χ0) is 10.8. The fourth-order valence-electron chi connectivity index (χ4n) is 2.06. The van der Waals surface area contributed by atoms with Gasteiger partial charge in [-0.15, -0.1) is 0 Å². The molecule has 1 atom stereocenters. The molecule has 1 saturated heterocycles. The number of hydrogen-bond acceptors (Lipinski definition) is 4. The van der Waals surface area contributed by atoms with Crippen LogP contribution in [0.2, 0.25) is 0 Å². The standard InChI is InChI=1S/C12H15NO3/c1-2-10(13-9-4-5-14-8-9)12-11(3-1)15-6-7-16-12/h1-3,9,13H,4-8H2. The number of hydrogen-bond donors (Lipinski definition) is 1. The summed E-state index contributed by atoms with van der Waals surface area (Å²) in [4.78, 5) is 0. The highest BCUT2D eigenvalue weighted by Gasteiger charge is 2.20. The number of rotatable bonds is 2. The zero-order valence-electron chi connectivity index (χ0n) is 9.07. The molecule has 1 unspecified atom stereocenters. The predicted octanol–water partition coefficient (Wildman–Crippen LogP) is 1.66. The molecular weight excluding hydrogens is 206 g/mol. The largest absolute Gasteiger partial charge is 0.486 e. The molecule has 86 valence electrons. The van der Waals surface area contributed by atoms with Crippen molar-refractivity contribution in [2.45, 2.75) is 12.5 Å². The first-order valence-electron chi connectivity index (χ1n) is 5.66. The first-order valence-corrected chi connectivity index (χ1v) is 5.66. The maximum Gasteiger partial charge on any atom is 0.184 e. The van der Waals surface area contributed by atoms with Crippen LogP contribution in [-0.4, -0.2) is 32.5 Å². The van der Waals surface area contributed by atoms with Crippen LogP contribution in [0.15, 0.2) is 18.2 Å². The van der Waals surface area contributed by atoms with E-state index in [0.717, 1.165) is 36.8 Å². The van der Waals surface area contributed by atoms with Crippen LogP contribution in [0.4, 0.5) is 5.69 Å². The van der Waals surface area contributed by atoms with Crippen molar-refractivity contribution in [2.75, 3.05) is 31.7 Å². The molecule has 16 heavy (non-hydrogen) atoms. The van der Waals surface area contributed by atoms with Crippen LogP contribution in [0.3, 0.4) is 0 Å². The van der Waals surface area contributed by atoms with E-state index in [0.29, 0.717) is 19.3 Å². The van der Waals surface area contributed by atoms with Crippen molar-refractivity contribution >= 4 is 5.69 Å². The smallest absolute Gasteiger partial charge is 0.184 e. The summed E-state index contributed by atoms with van der Waals surface area (Å²) in [5.74, 6) is 1.66. The summed E-state index contributed by atoms with van der Waals surface area (Å²) in [6, 6.07) is 6.32. The Morgan fingerprint density at radius 3 is 2.94 bits per heavy atom. The van der Waals surface area contributed by atoms with Gasteiger partial charge >= 0.3 is 0 Å². The Bertz CT molecular complexity index is 375. The van der Waals surface area contributed by atoms with Crippen molar-refractivity contribution in [3.05, 3.63) is 18.2 Å². The third kappa shape index (κ3) is 1.80. The summed E-state index contributed by atoms with van der Waals surface area (Å²) < 4.78 is 16.5. The van der Waals surface area contributed by atoms with Crippen LogP contribution in [0, 0.1) is 0 Å². The lowest BCUT2D eigenvalue weighted by molar-refractivity contribution is 0.172. The average Bonchev–Trinajstić information content (AvgIpc) is 2.82. The van der Waals surface area contributed by atoms with Crippen LogP contribution in [0.1, 0.15) is 6.42 Å². The minimum Gasteiger partial charge on any atom is -0.486 e. The molecule has 0 aromatic heterocycles. The molecule has 1 fully saturated rings. The van der Waals surface area contributed by atoms with Gasteiger partial charge in [-0.3, -0.25) is 0 Å². The van der Waals surface area contributed by atoms with Gasteiger partial charge in [0.05, 0.1) is 18.3 Å². The third-order valence-corrected chi connectivity index (χ3v) is 2.86. The van der Waals surface area contributed by atoms with Crippen LogP contribution in [0.5, 0.6) is 11.5 Å². The maximum atomic E-state index is 5.64. The first kappa shape index (κ1) is 9.78. The summed E-state index contributed by atoms with van der Waals surface area (Å²) in [7, 11) is 0. The second kappa shape index (κ2) is 4.22.